The lowest BCUT2D eigenvalue weighted by Gasteiger charge is -2.21. The summed E-state index contributed by atoms with van der Waals surface area (Å²) in [6, 6.07) is 3.40. The highest BCUT2D eigenvalue weighted by molar-refractivity contribution is 9.10. The van der Waals surface area contributed by atoms with Gasteiger partial charge in [0, 0.05) is 12.4 Å². The predicted molar refractivity (Wildman–Crippen MR) is 79.5 cm³/mol. The number of halogens is 1. The van der Waals surface area contributed by atoms with Gasteiger partial charge in [0.2, 0.25) is 10.0 Å². The van der Waals surface area contributed by atoms with E-state index in [2.05, 4.69) is 30.6 Å². The summed E-state index contributed by atoms with van der Waals surface area (Å²) >= 11 is 3.37. The molecule has 0 aliphatic heterocycles. The highest BCUT2D eigenvalue weighted by atomic mass is 79.9. The molecule has 0 fully saturated rings. The zero-order valence-electron chi connectivity index (χ0n) is 10.8. The Hall–Kier alpha value is -1.21. The maximum Gasteiger partial charge on any atom is 0.237 e. The Labute approximate surface area is 120 Å². The highest BCUT2D eigenvalue weighted by Gasteiger charge is 2.29. The monoisotopic (exact) mass is 343 g/mol. The standard InChI is InChI=1S/C12H14BrN3O2S/c1-12(2,3)19(17,18)16-8-4-5-9-11(10(8)13)15-7-6-14-9/h4-7,16H,1-3H3. The molecule has 1 aromatic carbocycles. The van der Waals surface area contributed by atoms with Crippen molar-refractivity contribution < 1.29 is 8.42 Å². The molecular formula is C12H14BrN3O2S. The van der Waals surface area contributed by atoms with E-state index in [0.717, 1.165) is 0 Å². The second kappa shape index (κ2) is 4.72. The summed E-state index contributed by atoms with van der Waals surface area (Å²) in [5.74, 6) is 0. The van der Waals surface area contributed by atoms with Gasteiger partial charge in [0.25, 0.3) is 0 Å². The SMILES string of the molecule is CC(C)(C)S(=O)(=O)Nc1ccc2nccnc2c1Br. The van der Waals surface area contributed by atoms with Gasteiger partial charge in [0.05, 0.1) is 20.4 Å². The quantitative estimate of drug-likeness (QED) is 0.909. The minimum absolute atomic E-state index is 0.461. The van der Waals surface area contributed by atoms with E-state index in [1.807, 2.05) is 0 Å². The molecule has 7 heteroatoms. The van der Waals surface area contributed by atoms with Crippen LogP contribution >= 0.6 is 15.9 Å². The molecule has 0 spiro atoms. The van der Waals surface area contributed by atoms with Crippen LogP contribution in [0.3, 0.4) is 0 Å². The molecule has 0 bridgehead atoms. The molecule has 0 saturated carbocycles. The molecule has 0 amide bonds. The second-order valence-electron chi connectivity index (χ2n) is 5.07. The third-order valence-corrected chi connectivity index (χ3v) is 5.53. The van der Waals surface area contributed by atoms with Crippen LogP contribution in [0.5, 0.6) is 0 Å². The van der Waals surface area contributed by atoms with Crippen LogP contribution in [0.4, 0.5) is 5.69 Å². The summed E-state index contributed by atoms with van der Waals surface area (Å²) in [6.45, 7) is 4.93. The van der Waals surface area contributed by atoms with Crippen LogP contribution in [-0.2, 0) is 10.0 Å². The first-order chi connectivity index (χ1) is 8.72. The van der Waals surface area contributed by atoms with E-state index >= 15 is 0 Å². The summed E-state index contributed by atoms with van der Waals surface area (Å²) in [5, 5.41) is 0. The van der Waals surface area contributed by atoms with Crippen molar-refractivity contribution in [2.45, 2.75) is 25.5 Å². The number of nitrogens with zero attached hydrogens (tertiary/aromatic N) is 2. The van der Waals surface area contributed by atoms with Crippen molar-refractivity contribution in [2.24, 2.45) is 0 Å². The van der Waals surface area contributed by atoms with Crippen LogP contribution in [0, 0.1) is 0 Å². The van der Waals surface area contributed by atoms with Gasteiger partial charge in [-0.25, -0.2) is 8.42 Å². The van der Waals surface area contributed by atoms with Crippen molar-refractivity contribution in [1.82, 2.24) is 9.97 Å². The molecule has 0 unspecified atom stereocenters. The van der Waals surface area contributed by atoms with Crippen LogP contribution in [0.2, 0.25) is 0 Å². The molecule has 0 saturated heterocycles. The number of hydrogen-bond acceptors (Lipinski definition) is 4. The molecule has 19 heavy (non-hydrogen) atoms. The van der Waals surface area contributed by atoms with Crippen molar-refractivity contribution in [3.8, 4) is 0 Å². The highest BCUT2D eigenvalue weighted by Crippen LogP contribution is 2.31. The van der Waals surface area contributed by atoms with Gasteiger partial charge in [-0.3, -0.25) is 14.7 Å². The van der Waals surface area contributed by atoms with Crippen LogP contribution in [0.15, 0.2) is 29.0 Å². The molecule has 1 aromatic heterocycles. The van der Waals surface area contributed by atoms with Crippen LogP contribution in [0.25, 0.3) is 11.0 Å². The molecular weight excluding hydrogens is 330 g/mol. The van der Waals surface area contributed by atoms with Gasteiger partial charge in [-0.15, -0.1) is 0 Å². The van der Waals surface area contributed by atoms with Crippen LogP contribution in [0.1, 0.15) is 20.8 Å². The average Bonchev–Trinajstić information content (AvgIpc) is 2.31. The Bertz CT molecular complexity index is 723. The normalized spacial score (nSPS) is 12.6. The van der Waals surface area contributed by atoms with Gasteiger partial charge in [-0.1, -0.05) is 0 Å². The second-order valence-corrected chi connectivity index (χ2v) is 8.30. The Morgan fingerprint density at radius 3 is 2.42 bits per heavy atom. The topological polar surface area (TPSA) is 72.0 Å². The van der Waals surface area contributed by atoms with Gasteiger partial charge < -0.3 is 0 Å². The third kappa shape index (κ3) is 2.71. The maximum absolute atomic E-state index is 12.1. The number of aromatic nitrogens is 2. The fourth-order valence-electron chi connectivity index (χ4n) is 1.38. The van der Waals surface area contributed by atoms with Crippen LogP contribution in [-0.4, -0.2) is 23.1 Å². The van der Waals surface area contributed by atoms with Gasteiger partial charge in [0.1, 0.15) is 5.52 Å². The van der Waals surface area contributed by atoms with Crippen LogP contribution < -0.4 is 4.72 Å². The first-order valence-electron chi connectivity index (χ1n) is 5.64. The van der Waals surface area contributed by atoms with E-state index < -0.39 is 14.8 Å². The predicted octanol–water partition coefficient (Wildman–Crippen LogP) is 2.93. The Morgan fingerprint density at radius 1 is 1.16 bits per heavy atom. The smallest absolute Gasteiger partial charge is 0.237 e. The zero-order chi connectivity index (χ0) is 14.3. The molecule has 0 atom stereocenters. The number of hydrogen-bond donors (Lipinski definition) is 1. The van der Waals surface area contributed by atoms with Crippen molar-refractivity contribution in [2.75, 3.05) is 4.72 Å². The number of rotatable bonds is 2. The number of anilines is 1. The van der Waals surface area contributed by atoms with E-state index in [9.17, 15) is 8.42 Å². The van der Waals surface area contributed by atoms with Crippen molar-refractivity contribution in [1.29, 1.82) is 0 Å². The van der Waals surface area contributed by atoms with Crippen molar-refractivity contribution in [3.63, 3.8) is 0 Å². The number of nitrogens with one attached hydrogen (secondary N) is 1. The summed E-state index contributed by atoms with van der Waals surface area (Å²) in [4.78, 5) is 8.35. The maximum atomic E-state index is 12.1. The Balaban J connectivity index is 2.51. The molecule has 0 aliphatic rings. The van der Waals surface area contributed by atoms with E-state index in [1.165, 1.54) is 0 Å². The van der Waals surface area contributed by atoms with E-state index in [0.29, 0.717) is 21.2 Å². The van der Waals surface area contributed by atoms with E-state index in [1.54, 1.807) is 45.3 Å². The number of fused-ring (bicyclic) bond motifs is 1. The fraction of sp³-hybridized carbons (Fsp3) is 0.333. The molecule has 0 aliphatic carbocycles. The molecule has 2 rings (SSSR count). The molecule has 0 radical (unpaired) electrons. The molecule has 5 nitrogen and oxygen atoms in total. The van der Waals surface area contributed by atoms with E-state index in [4.69, 9.17) is 0 Å². The third-order valence-electron chi connectivity index (χ3n) is 2.63. The molecule has 2 aromatic rings. The minimum atomic E-state index is -3.47. The summed E-state index contributed by atoms with van der Waals surface area (Å²) in [6.07, 6.45) is 3.16. The summed E-state index contributed by atoms with van der Waals surface area (Å²) in [7, 11) is -3.47. The summed E-state index contributed by atoms with van der Waals surface area (Å²) < 4.78 is 26.6. The van der Waals surface area contributed by atoms with Gasteiger partial charge in [0.15, 0.2) is 0 Å². The van der Waals surface area contributed by atoms with Crippen molar-refractivity contribution >= 4 is 42.7 Å². The van der Waals surface area contributed by atoms with Crippen molar-refractivity contribution in [3.05, 3.63) is 29.0 Å². The first kappa shape index (κ1) is 14.2. The minimum Gasteiger partial charge on any atom is -0.282 e. The summed E-state index contributed by atoms with van der Waals surface area (Å²) in [5.41, 5.74) is 1.78. The lowest BCUT2D eigenvalue weighted by Crippen LogP contribution is -2.33. The molecule has 102 valence electrons. The number of benzene rings is 1. The van der Waals surface area contributed by atoms with Gasteiger partial charge >= 0.3 is 0 Å². The average molecular weight is 344 g/mol. The first-order valence-corrected chi connectivity index (χ1v) is 7.91. The lowest BCUT2D eigenvalue weighted by atomic mass is 10.2. The molecule has 1 N–H and O–H groups in total. The van der Waals surface area contributed by atoms with Gasteiger partial charge in [-0.05, 0) is 48.8 Å². The Morgan fingerprint density at radius 2 is 1.79 bits per heavy atom. The largest absolute Gasteiger partial charge is 0.282 e. The van der Waals surface area contributed by atoms with Gasteiger partial charge in [-0.2, -0.15) is 0 Å². The lowest BCUT2D eigenvalue weighted by molar-refractivity contribution is 0.566. The number of sulfonamides is 1. The fourth-order valence-corrected chi connectivity index (χ4v) is 2.81. The van der Waals surface area contributed by atoms with E-state index in [-0.39, 0.29) is 0 Å². The zero-order valence-corrected chi connectivity index (χ0v) is 13.2. The Kier molecular flexibility index (Phi) is 3.53. The molecule has 1 heterocycles.